The van der Waals surface area contributed by atoms with Gasteiger partial charge in [0.05, 0.1) is 24.0 Å². The fraction of sp³-hybridized carbons (Fsp3) is 0.273. The minimum absolute atomic E-state index is 0.0245. The van der Waals surface area contributed by atoms with Crippen LogP contribution in [0.15, 0.2) is 29.4 Å². The van der Waals surface area contributed by atoms with Crippen LogP contribution in [0, 0.1) is 11.3 Å². The Morgan fingerprint density at radius 2 is 2.20 bits per heavy atom. The van der Waals surface area contributed by atoms with Crippen LogP contribution in [-0.2, 0) is 4.84 Å². The molecular formula is C11H10N2O2. The molecule has 1 atom stereocenters. The third kappa shape index (κ3) is 1.97. The molecule has 0 amide bonds. The molecule has 0 radical (unpaired) electrons. The summed E-state index contributed by atoms with van der Waals surface area (Å²) in [6.07, 6.45) is 0.387. The Morgan fingerprint density at radius 1 is 1.47 bits per heavy atom. The smallest absolute Gasteiger partial charge is 0.156 e. The van der Waals surface area contributed by atoms with Gasteiger partial charge in [-0.1, -0.05) is 17.3 Å². The van der Waals surface area contributed by atoms with E-state index >= 15 is 0 Å². The van der Waals surface area contributed by atoms with Crippen LogP contribution in [0.2, 0.25) is 0 Å². The highest BCUT2D eigenvalue weighted by Crippen LogP contribution is 2.16. The molecule has 1 N–H and O–H groups in total. The lowest BCUT2D eigenvalue weighted by atomic mass is 10.0. The lowest BCUT2D eigenvalue weighted by molar-refractivity contribution is 0.0390. The molecule has 2 rings (SSSR count). The van der Waals surface area contributed by atoms with Crippen LogP contribution in [-0.4, -0.2) is 23.5 Å². The summed E-state index contributed by atoms with van der Waals surface area (Å²) in [5.74, 6) is 0. The summed E-state index contributed by atoms with van der Waals surface area (Å²) >= 11 is 0. The van der Waals surface area contributed by atoms with E-state index in [1.165, 1.54) is 0 Å². The van der Waals surface area contributed by atoms with E-state index in [9.17, 15) is 0 Å². The number of oxime groups is 1. The summed E-state index contributed by atoms with van der Waals surface area (Å²) in [4.78, 5) is 5.00. The summed E-state index contributed by atoms with van der Waals surface area (Å²) in [7, 11) is 0. The minimum Gasteiger partial charge on any atom is -0.392 e. The van der Waals surface area contributed by atoms with E-state index in [1.807, 2.05) is 12.1 Å². The zero-order valence-corrected chi connectivity index (χ0v) is 8.05. The van der Waals surface area contributed by atoms with Crippen molar-refractivity contribution in [2.75, 3.05) is 6.61 Å². The van der Waals surface area contributed by atoms with E-state index in [0.717, 1.165) is 11.3 Å². The van der Waals surface area contributed by atoms with Gasteiger partial charge >= 0.3 is 0 Å². The molecule has 0 spiro atoms. The maximum absolute atomic E-state index is 8.87. The van der Waals surface area contributed by atoms with E-state index in [-0.39, 0.29) is 12.7 Å². The summed E-state index contributed by atoms with van der Waals surface area (Å²) in [5.41, 5.74) is 2.38. The van der Waals surface area contributed by atoms with Crippen molar-refractivity contribution in [1.29, 1.82) is 5.26 Å². The second kappa shape index (κ2) is 4.11. The van der Waals surface area contributed by atoms with Crippen molar-refractivity contribution in [1.82, 2.24) is 0 Å². The van der Waals surface area contributed by atoms with Crippen LogP contribution in [0.3, 0.4) is 0 Å². The van der Waals surface area contributed by atoms with Gasteiger partial charge in [0, 0.05) is 6.42 Å². The molecule has 1 heterocycles. The molecule has 4 heteroatoms. The van der Waals surface area contributed by atoms with Crippen molar-refractivity contribution < 1.29 is 9.94 Å². The fourth-order valence-electron chi connectivity index (χ4n) is 1.43. The standard InChI is InChI=1S/C11H10N2O2/c12-6-8-1-3-9(4-2-8)11-5-10(7-14)15-13-11/h1-4,10,14H,5,7H2/t10-/m1/s1. The van der Waals surface area contributed by atoms with Crippen molar-refractivity contribution in [3.63, 3.8) is 0 Å². The molecule has 0 saturated carbocycles. The average molecular weight is 202 g/mol. The van der Waals surface area contributed by atoms with Gasteiger partial charge < -0.3 is 9.94 Å². The van der Waals surface area contributed by atoms with Crippen LogP contribution >= 0.6 is 0 Å². The van der Waals surface area contributed by atoms with Crippen LogP contribution in [0.4, 0.5) is 0 Å². The molecule has 1 aliphatic rings. The summed E-state index contributed by atoms with van der Waals surface area (Å²) in [6.45, 7) is -0.0245. The highest BCUT2D eigenvalue weighted by molar-refractivity contribution is 6.01. The number of aliphatic hydroxyl groups excluding tert-OH is 1. The maximum atomic E-state index is 8.87. The molecule has 1 aromatic rings. The SMILES string of the molecule is N#Cc1ccc(C2=NO[C@@H](CO)C2)cc1. The Hall–Kier alpha value is -1.86. The zero-order chi connectivity index (χ0) is 10.7. The monoisotopic (exact) mass is 202 g/mol. The second-order valence-corrected chi connectivity index (χ2v) is 3.34. The molecule has 4 nitrogen and oxygen atoms in total. The average Bonchev–Trinajstić information content (AvgIpc) is 2.78. The highest BCUT2D eigenvalue weighted by atomic mass is 16.6. The Kier molecular flexibility index (Phi) is 2.66. The van der Waals surface area contributed by atoms with Crippen molar-refractivity contribution in [3.05, 3.63) is 35.4 Å². The Morgan fingerprint density at radius 3 is 2.73 bits per heavy atom. The quantitative estimate of drug-likeness (QED) is 0.779. The van der Waals surface area contributed by atoms with Crippen LogP contribution < -0.4 is 0 Å². The molecule has 15 heavy (non-hydrogen) atoms. The Bertz CT molecular complexity index is 417. The number of nitrogens with zero attached hydrogens (tertiary/aromatic N) is 2. The van der Waals surface area contributed by atoms with E-state index < -0.39 is 0 Å². The van der Waals surface area contributed by atoms with Crippen LogP contribution in [0.25, 0.3) is 0 Å². The van der Waals surface area contributed by atoms with Crippen LogP contribution in [0.5, 0.6) is 0 Å². The fourth-order valence-corrected chi connectivity index (χ4v) is 1.43. The number of rotatable bonds is 2. The number of aliphatic hydroxyl groups is 1. The molecule has 0 bridgehead atoms. The topological polar surface area (TPSA) is 65.6 Å². The summed E-state index contributed by atoms with van der Waals surface area (Å²) in [5, 5.41) is 21.4. The van der Waals surface area contributed by atoms with Crippen molar-refractivity contribution in [2.24, 2.45) is 5.16 Å². The van der Waals surface area contributed by atoms with Gasteiger partial charge in [0.25, 0.3) is 0 Å². The molecule has 0 aromatic heterocycles. The number of benzene rings is 1. The van der Waals surface area contributed by atoms with Crippen molar-refractivity contribution in [3.8, 4) is 6.07 Å². The first-order valence-corrected chi connectivity index (χ1v) is 4.67. The van der Waals surface area contributed by atoms with Gasteiger partial charge in [0.1, 0.15) is 0 Å². The zero-order valence-electron chi connectivity index (χ0n) is 8.05. The molecule has 0 unspecified atom stereocenters. The first kappa shape index (κ1) is 9.69. The largest absolute Gasteiger partial charge is 0.392 e. The highest BCUT2D eigenvalue weighted by Gasteiger charge is 2.20. The predicted octanol–water partition coefficient (Wildman–Crippen LogP) is 1.04. The molecule has 1 aliphatic heterocycles. The molecule has 1 aromatic carbocycles. The first-order valence-electron chi connectivity index (χ1n) is 4.67. The summed E-state index contributed by atoms with van der Waals surface area (Å²) in [6, 6.07) is 9.20. The van der Waals surface area contributed by atoms with E-state index in [0.29, 0.717) is 12.0 Å². The molecule has 76 valence electrons. The van der Waals surface area contributed by atoms with Crippen molar-refractivity contribution >= 4 is 5.71 Å². The lowest BCUT2D eigenvalue weighted by Crippen LogP contribution is -2.12. The molecular weight excluding hydrogens is 192 g/mol. The van der Waals surface area contributed by atoms with Gasteiger partial charge in [-0.3, -0.25) is 0 Å². The lowest BCUT2D eigenvalue weighted by Gasteiger charge is -2.01. The predicted molar refractivity (Wildman–Crippen MR) is 54.3 cm³/mol. The van der Waals surface area contributed by atoms with Gasteiger partial charge in [-0.15, -0.1) is 0 Å². The minimum atomic E-state index is -0.226. The second-order valence-electron chi connectivity index (χ2n) is 3.34. The number of nitriles is 1. The van der Waals surface area contributed by atoms with E-state index in [2.05, 4.69) is 11.2 Å². The molecule has 0 fully saturated rings. The molecule has 0 saturated heterocycles. The first-order chi connectivity index (χ1) is 7.33. The van der Waals surface area contributed by atoms with Gasteiger partial charge in [-0.25, -0.2) is 0 Å². The van der Waals surface area contributed by atoms with Gasteiger partial charge in [0.15, 0.2) is 6.10 Å². The van der Waals surface area contributed by atoms with E-state index in [1.54, 1.807) is 12.1 Å². The van der Waals surface area contributed by atoms with Crippen LogP contribution in [0.1, 0.15) is 17.5 Å². The van der Waals surface area contributed by atoms with Gasteiger partial charge in [0.2, 0.25) is 0 Å². The maximum Gasteiger partial charge on any atom is 0.156 e. The third-order valence-electron chi connectivity index (χ3n) is 2.28. The van der Waals surface area contributed by atoms with Gasteiger partial charge in [-0.05, 0) is 17.7 Å². The van der Waals surface area contributed by atoms with E-state index in [4.69, 9.17) is 15.2 Å². The Balaban J connectivity index is 2.15. The molecule has 0 aliphatic carbocycles. The normalized spacial score (nSPS) is 19.2. The number of hydrogen-bond acceptors (Lipinski definition) is 4. The van der Waals surface area contributed by atoms with Crippen molar-refractivity contribution in [2.45, 2.75) is 12.5 Å². The van der Waals surface area contributed by atoms with Gasteiger partial charge in [-0.2, -0.15) is 5.26 Å². The number of hydrogen-bond donors (Lipinski definition) is 1. The Labute approximate surface area is 87.4 Å². The summed E-state index contributed by atoms with van der Waals surface area (Å²) < 4.78 is 0. The third-order valence-corrected chi connectivity index (χ3v) is 2.28.